The number of benzene rings is 2. The molecule has 0 aliphatic heterocycles. The zero-order chi connectivity index (χ0) is 20.5. The second-order valence-corrected chi connectivity index (χ2v) is 6.29. The molecule has 0 spiro atoms. The Balaban J connectivity index is 1.52. The van der Waals surface area contributed by atoms with Gasteiger partial charge in [-0.2, -0.15) is 0 Å². The first kappa shape index (κ1) is 20.3. The highest BCUT2D eigenvalue weighted by molar-refractivity contribution is 5.79. The fourth-order valence-electron chi connectivity index (χ4n) is 2.63. The smallest absolute Gasteiger partial charge is 0.213 e. The molecule has 2 aromatic carbocycles. The summed E-state index contributed by atoms with van der Waals surface area (Å²) in [4.78, 5) is 8.32. The Hall–Kier alpha value is -3.48. The molecule has 0 saturated carbocycles. The van der Waals surface area contributed by atoms with Crippen molar-refractivity contribution in [3.05, 3.63) is 95.2 Å². The van der Waals surface area contributed by atoms with Crippen LogP contribution < -0.4 is 15.4 Å². The lowest BCUT2D eigenvalue weighted by atomic mass is 10.2. The molecule has 3 rings (SSSR count). The van der Waals surface area contributed by atoms with Crippen LogP contribution in [0.25, 0.3) is 0 Å². The standard InChI is InChI=1S/C22H22F2N4O/c1-25-22(28-14-18-12-19(23)7-8-20(18)24)27-13-17-9-10-26-21(11-17)29-15-16-5-3-2-4-6-16/h2-12H,13-15H2,1H3,(H2,25,27,28). The fourth-order valence-corrected chi connectivity index (χ4v) is 2.63. The van der Waals surface area contributed by atoms with E-state index in [0.717, 1.165) is 29.3 Å². The normalized spacial score (nSPS) is 11.2. The summed E-state index contributed by atoms with van der Waals surface area (Å²) in [7, 11) is 1.61. The number of aliphatic imine (C=N–C) groups is 1. The van der Waals surface area contributed by atoms with E-state index in [1.54, 1.807) is 13.2 Å². The van der Waals surface area contributed by atoms with Crippen LogP contribution in [0, 0.1) is 11.6 Å². The molecular formula is C22H22F2N4O. The van der Waals surface area contributed by atoms with Gasteiger partial charge in [0.25, 0.3) is 0 Å². The van der Waals surface area contributed by atoms with Gasteiger partial charge >= 0.3 is 0 Å². The van der Waals surface area contributed by atoms with E-state index in [0.29, 0.717) is 25.0 Å². The fraction of sp³-hybridized carbons (Fsp3) is 0.182. The number of hydrogen-bond acceptors (Lipinski definition) is 3. The quantitative estimate of drug-likeness (QED) is 0.471. The predicted octanol–water partition coefficient (Wildman–Crippen LogP) is 3.80. The Morgan fingerprint density at radius 3 is 2.55 bits per heavy atom. The maximum absolute atomic E-state index is 13.7. The van der Waals surface area contributed by atoms with Crippen LogP contribution >= 0.6 is 0 Å². The van der Waals surface area contributed by atoms with Gasteiger partial charge in [-0.1, -0.05) is 30.3 Å². The largest absolute Gasteiger partial charge is 0.473 e. The van der Waals surface area contributed by atoms with Crippen LogP contribution in [0.3, 0.4) is 0 Å². The maximum atomic E-state index is 13.7. The second kappa shape index (κ2) is 10.2. The van der Waals surface area contributed by atoms with Gasteiger partial charge in [-0.3, -0.25) is 4.99 Å². The summed E-state index contributed by atoms with van der Waals surface area (Å²) < 4.78 is 32.7. The van der Waals surface area contributed by atoms with E-state index in [4.69, 9.17) is 4.74 Å². The summed E-state index contributed by atoms with van der Waals surface area (Å²) in [6.45, 7) is 1.02. The molecule has 0 amide bonds. The number of rotatable bonds is 7. The van der Waals surface area contributed by atoms with Crippen molar-refractivity contribution in [3.63, 3.8) is 0 Å². The van der Waals surface area contributed by atoms with Crippen LogP contribution in [-0.2, 0) is 19.7 Å². The van der Waals surface area contributed by atoms with Crippen molar-refractivity contribution in [1.29, 1.82) is 0 Å². The number of nitrogens with one attached hydrogen (secondary N) is 2. The van der Waals surface area contributed by atoms with Crippen molar-refractivity contribution in [2.24, 2.45) is 4.99 Å². The number of pyridine rings is 1. The molecule has 5 nitrogen and oxygen atoms in total. The molecule has 1 heterocycles. The van der Waals surface area contributed by atoms with E-state index >= 15 is 0 Å². The van der Waals surface area contributed by atoms with E-state index in [1.807, 2.05) is 42.5 Å². The first-order valence-corrected chi connectivity index (χ1v) is 9.14. The number of aromatic nitrogens is 1. The van der Waals surface area contributed by atoms with Gasteiger partial charge < -0.3 is 15.4 Å². The molecule has 2 N–H and O–H groups in total. The Morgan fingerprint density at radius 1 is 0.966 bits per heavy atom. The summed E-state index contributed by atoms with van der Waals surface area (Å²) >= 11 is 0. The first-order valence-electron chi connectivity index (χ1n) is 9.14. The molecule has 0 aliphatic carbocycles. The molecule has 0 saturated heterocycles. The van der Waals surface area contributed by atoms with E-state index in [2.05, 4.69) is 20.6 Å². The summed E-state index contributed by atoms with van der Waals surface area (Å²) in [5.74, 6) is 0.0461. The van der Waals surface area contributed by atoms with E-state index in [9.17, 15) is 8.78 Å². The molecule has 0 aliphatic rings. The van der Waals surface area contributed by atoms with Crippen LogP contribution in [0.5, 0.6) is 5.88 Å². The minimum Gasteiger partial charge on any atom is -0.473 e. The summed E-state index contributed by atoms with van der Waals surface area (Å²) in [5.41, 5.74) is 2.24. The molecule has 150 valence electrons. The Morgan fingerprint density at radius 2 is 1.76 bits per heavy atom. The van der Waals surface area contributed by atoms with Gasteiger partial charge in [0, 0.05) is 38.0 Å². The minimum atomic E-state index is -0.481. The van der Waals surface area contributed by atoms with Crippen molar-refractivity contribution >= 4 is 5.96 Å². The highest BCUT2D eigenvalue weighted by atomic mass is 19.1. The van der Waals surface area contributed by atoms with Crippen LogP contribution in [0.15, 0.2) is 71.9 Å². The molecule has 0 radical (unpaired) electrons. The van der Waals surface area contributed by atoms with Crippen LogP contribution in [0.2, 0.25) is 0 Å². The number of hydrogen-bond donors (Lipinski definition) is 2. The third kappa shape index (κ3) is 6.27. The Labute approximate surface area is 168 Å². The van der Waals surface area contributed by atoms with Crippen molar-refractivity contribution in [1.82, 2.24) is 15.6 Å². The van der Waals surface area contributed by atoms with E-state index in [-0.39, 0.29) is 12.1 Å². The first-order chi connectivity index (χ1) is 14.1. The third-order valence-electron chi connectivity index (χ3n) is 4.17. The highest BCUT2D eigenvalue weighted by Crippen LogP contribution is 2.12. The topological polar surface area (TPSA) is 58.5 Å². The van der Waals surface area contributed by atoms with Crippen molar-refractivity contribution < 1.29 is 13.5 Å². The lowest BCUT2D eigenvalue weighted by Crippen LogP contribution is -2.36. The highest BCUT2D eigenvalue weighted by Gasteiger charge is 2.06. The monoisotopic (exact) mass is 396 g/mol. The lowest BCUT2D eigenvalue weighted by molar-refractivity contribution is 0.293. The van der Waals surface area contributed by atoms with Crippen LogP contribution in [-0.4, -0.2) is 18.0 Å². The zero-order valence-corrected chi connectivity index (χ0v) is 16.0. The number of halogens is 2. The summed E-state index contributed by atoms with van der Waals surface area (Å²) in [6, 6.07) is 16.9. The average molecular weight is 396 g/mol. The SMILES string of the molecule is CN=C(NCc1ccnc(OCc2ccccc2)c1)NCc1cc(F)ccc1F. The number of guanidine groups is 1. The Bertz CT molecular complexity index is 964. The molecule has 29 heavy (non-hydrogen) atoms. The minimum absolute atomic E-state index is 0.116. The molecule has 0 fully saturated rings. The molecule has 0 bridgehead atoms. The van der Waals surface area contributed by atoms with Crippen molar-refractivity contribution in [2.75, 3.05) is 7.05 Å². The number of nitrogens with zero attached hydrogens (tertiary/aromatic N) is 2. The van der Waals surface area contributed by atoms with Gasteiger partial charge in [0.2, 0.25) is 5.88 Å². The summed E-state index contributed by atoms with van der Waals surface area (Å²) in [5, 5.41) is 6.10. The number of ether oxygens (including phenoxy) is 1. The van der Waals surface area contributed by atoms with Crippen LogP contribution in [0.1, 0.15) is 16.7 Å². The molecule has 0 atom stereocenters. The predicted molar refractivity (Wildman–Crippen MR) is 108 cm³/mol. The summed E-state index contributed by atoms with van der Waals surface area (Å²) in [6.07, 6.45) is 1.68. The van der Waals surface area contributed by atoms with Gasteiger partial charge in [-0.25, -0.2) is 13.8 Å². The lowest BCUT2D eigenvalue weighted by Gasteiger charge is -2.13. The molecular weight excluding hydrogens is 374 g/mol. The van der Waals surface area contributed by atoms with Crippen LogP contribution in [0.4, 0.5) is 8.78 Å². The van der Waals surface area contributed by atoms with Gasteiger partial charge in [-0.15, -0.1) is 0 Å². The van der Waals surface area contributed by atoms with E-state index in [1.165, 1.54) is 0 Å². The second-order valence-electron chi connectivity index (χ2n) is 6.29. The van der Waals surface area contributed by atoms with E-state index < -0.39 is 11.6 Å². The molecule has 1 aromatic heterocycles. The van der Waals surface area contributed by atoms with Gasteiger partial charge in [-0.05, 0) is 35.4 Å². The third-order valence-corrected chi connectivity index (χ3v) is 4.17. The van der Waals surface area contributed by atoms with Gasteiger partial charge in [0.05, 0.1) is 0 Å². The molecule has 7 heteroatoms. The van der Waals surface area contributed by atoms with Gasteiger partial charge in [0.15, 0.2) is 5.96 Å². The van der Waals surface area contributed by atoms with Crippen molar-refractivity contribution in [3.8, 4) is 5.88 Å². The Kier molecular flexibility index (Phi) is 7.10. The zero-order valence-electron chi connectivity index (χ0n) is 16.0. The van der Waals surface area contributed by atoms with Crippen molar-refractivity contribution in [2.45, 2.75) is 19.7 Å². The van der Waals surface area contributed by atoms with Gasteiger partial charge in [0.1, 0.15) is 18.2 Å². The molecule has 3 aromatic rings. The average Bonchev–Trinajstić information content (AvgIpc) is 2.75. The maximum Gasteiger partial charge on any atom is 0.213 e. The molecule has 0 unspecified atom stereocenters.